The summed E-state index contributed by atoms with van der Waals surface area (Å²) in [5.74, 6) is 0.235. The van der Waals surface area contributed by atoms with Gasteiger partial charge in [0, 0.05) is 18.1 Å². The third-order valence-electron chi connectivity index (χ3n) is 6.59. The minimum Gasteiger partial charge on any atom is -0.485 e. The summed E-state index contributed by atoms with van der Waals surface area (Å²) in [5, 5.41) is 31.8. The van der Waals surface area contributed by atoms with Crippen LogP contribution in [-0.2, 0) is 9.22 Å². The third-order valence-corrected chi connectivity index (χ3v) is 11.1. The molecule has 32 heavy (non-hydrogen) atoms. The van der Waals surface area contributed by atoms with E-state index in [1.807, 2.05) is 0 Å². The van der Waals surface area contributed by atoms with Gasteiger partial charge in [0.15, 0.2) is 8.32 Å². The molecule has 0 bridgehead atoms. The van der Waals surface area contributed by atoms with Crippen LogP contribution in [0.3, 0.4) is 0 Å². The van der Waals surface area contributed by atoms with Crippen LogP contribution in [0.15, 0.2) is 16.8 Å². The Morgan fingerprint density at radius 3 is 2.53 bits per heavy atom. The van der Waals surface area contributed by atoms with Crippen molar-refractivity contribution in [1.29, 1.82) is 0 Å². The van der Waals surface area contributed by atoms with Crippen molar-refractivity contribution in [2.75, 3.05) is 6.61 Å². The number of amides is 1. The number of carbonyl (C=O) groups is 1. The molecule has 3 rings (SSSR count). The molecule has 1 amide bonds. The number of carbonyl (C=O) groups excluding carboxylic acids is 1. The van der Waals surface area contributed by atoms with E-state index in [-0.39, 0.29) is 30.4 Å². The van der Waals surface area contributed by atoms with Gasteiger partial charge < -0.3 is 24.7 Å². The van der Waals surface area contributed by atoms with E-state index < -0.39 is 32.2 Å². The maximum atomic E-state index is 12.7. The highest BCUT2D eigenvalue weighted by Crippen LogP contribution is 2.41. The molecule has 10 heteroatoms. The molecule has 2 unspecified atom stereocenters. The molecule has 0 spiro atoms. The molecular weight excluding hydrogens is 430 g/mol. The Hall–Kier alpha value is -2.01. The van der Waals surface area contributed by atoms with Crippen LogP contribution in [0.2, 0.25) is 18.1 Å². The molecule has 0 saturated heterocycles. The van der Waals surface area contributed by atoms with Gasteiger partial charge in [-0.3, -0.25) is 4.79 Å². The number of fused-ring (bicyclic) bond motifs is 2. The van der Waals surface area contributed by atoms with Gasteiger partial charge in [-0.1, -0.05) is 20.8 Å². The number of nitrogens with zero attached hydrogens (tertiary/aromatic N) is 2. The topological polar surface area (TPSA) is 127 Å². The number of aromatic nitrogens is 2. The average molecular weight is 466 g/mol. The molecule has 2 aromatic rings. The summed E-state index contributed by atoms with van der Waals surface area (Å²) in [6.07, 6.45) is -1.35. The second-order valence-electron chi connectivity index (χ2n) is 10.6. The van der Waals surface area contributed by atoms with Gasteiger partial charge in [0.2, 0.25) is 5.91 Å². The van der Waals surface area contributed by atoms with Crippen LogP contribution >= 0.6 is 0 Å². The van der Waals surface area contributed by atoms with Crippen LogP contribution in [-0.4, -0.2) is 59.2 Å². The Morgan fingerprint density at radius 2 is 1.91 bits per heavy atom. The van der Waals surface area contributed by atoms with Crippen LogP contribution in [0.5, 0.6) is 5.75 Å². The monoisotopic (exact) mass is 465 g/mol. The molecule has 3 atom stereocenters. The third kappa shape index (κ3) is 5.14. The highest BCUT2D eigenvalue weighted by molar-refractivity contribution is 6.74. The number of nitrogens with one attached hydrogen (secondary N) is 1. The SMILES string of the molecule is CC1(C)Oc2cc3nonc3cc2C(NC(=O)CC[C@H](O)CO[Si](C)(C)C(C)(C)C)C1O. The van der Waals surface area contributed by atoms with Crippen molar-refractivity contribution in [2.45, 2.75) is 89.4 Å². The highest BCUT2D eigenvalue weighted by atomic mass is 28.4. The van der Waals surface area contributed by atoms with E-state index in [1.54, 1.807) is 26.0 Å². The molecule has 0 aliphatic carbocycles. The van der Waals surface area contributed by atoms with E-state index >= 15 is 0 Å². The van der Waals surface area contributed by atoms with Crippen molar-refractivity contribution in [3.05, 3.63) is 17.7 Å². The van der Waals surface area contributed by atoms with Crippen molar-refractivity contribution in [3.8, 4) is 5.75 Å². The van der Waals surface area contributed by atoms with Gasteiger partial charge >= 0.3 is 0 Å². The Balaban J connectivity index is 1.64. The second kappa shape index (κ2) is 8.73. The number of aliphatic hydroxyl groups excluding tert-OH is 2. The first-order chi connectivity index (χ1) is 14.7. The zero-order chi connectivity index (χ0) is 23.9. The molecule has 1 aromatic carbocycles. The summed E-state index contributed by atoms with van der Waals surface area (Å²) in [6, 6.07) is 2.70. The fourth-order valence-corrected chi connectivity index (χ4v) is 4.42. The lowest BCUT2D eigenvalue weighted by molar-refractivity contribution is -0.126. The quantitative estimate of drug-likeness (QED) is 0.533. The molecular formula is C22H35N3O6Si. The Kier molecular flexibility index (Phi) is 6.72. The fraction of sp³-hybridized carbons (Fsp3) is 0.682. The fourth-order valence-electron chi connectivity index (χ4n) is 3.38. The lowest BCUT2D eigenvalue weighted by Crippen LogP contribution is -2.53. The Bertz CT molecular complexity index is 968. The van der Waals surface area contributed by atoms with Gasteiger partial charge in [0.05, 0.1) is 18.8 Å². The second-order valence-corrected chi connectivity index (χ2v) is 15.4. The van der Waals surface area contributed by atoms with E-state index in [0.29, 0.717) is 22.3 Å². The van der Waals surface area contributed by atoms with E-state index in [9.17, 15) is 15.0 Å². The number of rotatable bonds is 7. The summed E-state index contributed by atoms with van der Waals surface area (Å²) in [6.45, 7) is 14.4. The highest BCUT2D eigenvalue weighted by Gasteiger charge is 2.44. The predicted molar refractivity (Wildman–Crippen MR) is 122 cm³/mol. The smallest absolute Gasteiger partial charge is 0.220 e. The van der Waals surface area contributed by atoms with Gasteiger partial charge in [-0.2, -0.15) is 0 Å². The van der Waals surface area contributed by atoms with Gasteiger partial charge in [0.1, 0.15) is 28.5 Å². The van der Waals surface area contributed by atoms with Crippen LogP contribution < -0.4 is 10.1 Å². The molecule has 1 aliphatic rings. The first-order valence-electron chi connectivity index (χ1n) is 11.0. The van der Waals surface area contributed by atoms with Gasteiger partial charge in [-0.25, -0.2) is 4.63 Å². The number of ether oxygens (including phenoxy) is 1. The molecule has 0 radical (unpaired) electrons. The molecule has 9 nitrogen and oxygen atoms in total. The molecule has 2 heterocycles. The summed E-state index contributed by atoms with van der Waals surface area (Å²) in [4.78, 5) is 12.7. The standard InChI is InChI=1S/C22H35N3O6Si/c1-21(2,3)32(6,7)29-12-13(26)8-9-18(27)23-19-14-10-15-16(25-31-24-15)11-17(14)30-22(4,5)20(19)28/h10-11,13,19-20,26,28H,8-9,12H2,1-7H3,(H,23,27)/t13-,19?,20?/m0/s1. The molecule has 178 valence electrons. The molecule has 1 aromatic heterocycles. The van der Waals surface area contributed by atoms with Gasteiger partial charge in [-0.15, -0.1) is 0 Å². The largest absolute Gasteiger partial charge is 0.485 e. The summed E-state index contributed by atoms with van der Waals surface area (Å²) in [5.41, 5.74) is 0.726. The van der Waals surface area contributed by atoms with Crippen LogP contribution in [0.4, 0.5) is 0 Å². The number of benzene rings is 1. The minimum atomic E-state index is -1.97. The molecule has 1 aliphatic heterocycles. The number of hydrogen-bond acceptors (Lipinski definition) is 8. The Morgan fingerprint density at radius 1 is 1.28 bits per heavy atom. The first kappa shape index (κ1) is 24.6. The van der Waals surface area contributed by atoms with Crippen LogP contribution in [0.1, 0.15) is 59.1 Å². The van der Waals surface area contributed by atoms with E-state index in [0.717, 1.165) is 0 Å². The van der Waals surface area contributed by atoms with Crippen LogP contribution in [0.25, 0.3) is 11.0 Å². The van der Waals surface area contributed by atoms with Crippen molar-refractivity contribution < 1.29 is 28.8 Å². The van der Waals surface area contributed by atoms with Crippen molar-refractivity contribution >= 4 is 25.3 Å². The minimum absolute atomic E-state index is 0.0499. The van der Waals surface area contributed by atoms with Crippen molar-refractivity contribution in [3.63, 3.8) is 0 Å². The average Bonchev–Trinajstić information content (AvgIpc) is 3.13. The van der Waals surface area contributed by atoms with Crippen LogP contribution in [0, 0.1) is 0 Å². The molecule has 3 N–H and O–H groups in total. The zero-order valence-corrected chi connectivity index (χ0v) is 20.9. The first-order valence-corrected chi connectivity index (χ1v) is 13.9. The Labute approximate surface area is 189 Å². The summed E-state index contributed by atoms with van der Waals surface area (Å²) >= 11 is 0. The predicted octanol–water partition coefficient (Wildman–Crippen LogP) is 3.07. The van der Waals surface area contributed by atoms with Gasteiger partial charge in [0.25, 0.3) is 0 Å². The van der Waals surface area contributed by atoms with E-state index in [2.05, 4.69) is 49.5 Å². The van der Waals surface area contributed by atoms with E-state index in [4.69, 9.17) is 13.8 Å². The maximum absolute atomic E-state index is 12.7. The lowest BCUT2D eigenvalue weighted by atomic mass is 9.86. The number of aliphatic hydroxyl groups is 2. The van der Waals surface area contributed by atoms with Crippen molar-refractivity contribution in [1.82, 2.24) is 15.6 Å². The zero-order valence-electron chi connectivity index (χ0n) is 19.9. The molecule has 0 saturated carbocycles. The summed E-state index contributed by atoms with van der Waals surface area (Å²) < 4.78 is 16.8. The summed E-state index contributed by atoms with van der Waals surface area (Å²) in [7, 11) is -1.97. The molecule has 0 fully saturated rings. The maximum Gasteiger partial charge on any atom is 0.220 e. The normalized spacial score (nSPS) is 21.7. The van der Waals surface area contributed by atoms with E-state index in [1.165, 1.54) is 0 Å². The van der Waals surface area contributed by atoms with Gasteiger partial charge in [-0.05, 0) is 54.8 Å². The van der Waals surface area contributed by atoms with Crippen molar-refractivity contribution in [2.24, 2.45) is 0 Å². The number of hydrogen-bond donors (Lipinski definition) is 3. The lowest BCUT2D eigenvalue weighted by Gasteiger charge is -2.42.